The lowest BCUT2D eigenvalue weighted by Gasteiger charge is -2.33. The van der Waals surface area contributed by atoms with E-state index < -0.39 is 5.97 Å². The Kier molecular flexibility index (Phi) is 9.75. The first-order chi connectivity index (χ1) is 9.47. The third-order valence-electron chi connectivity index (χ3n) is 2.81. The molecule has 0 fully saturated rings. The number of nitrogens with zero attached hydrogens (tertiary/aromatic N) is 2. The molecule has 0 aromatic carbocycles. The van der Waals surface area contributed by atoms with Crippen LogP contribution in [0.3, 0.4) is 0 Å². The topological polar surface area (TPSA) is 79.3 Å². The molecule has 1 unspecified atom stereocenters. The number of aliphatic carboxylic acids is 1. The third-order valence-corrected chi connectivity index (χ3v) is 2.81. The van der Waals surface area contributed by atoms with E-state index in [-0.39, 0.29) is 18.6 Å². The van der Waals surface area contributed by atoms with Crippen molar-refractivity contribution in [1.82, 2.24) is 9.80 Å². The van der Waals surface area contributed by atoms with Crippen molar-refractivity contribution in [3.8, 4) is 0 Å². The molecule has 1 N–H and O–H groups in total. The number of carbonyl (C=O) groups excluding carboxylic acids is 1. The van der Waals surface area contributed by atoms with Crippen molar-refractivity contribution in [3.05, 3.63) is 0 Å². The summed E-state index contributed by atoms with van der Waals surface area (Å²) in [5.74, 6) is -1.02. The molecule has 0 aliphatic heterocycles. The van der Waals surface area contributed by atoms with Gasteiger partial charge in [0.05, 0.1) is 19.3 Å². The fourth-order valence-corrected chi connectivity index (χ4v) is 1.88. The normalized spacial score (nSPS) is 12.0. The van der Waals surface area contributed by atoms with Crippen molar-refractivity contribution in [1.29, 1.82) is 0 Å². The molecule has 0 bridgehead atoms. The SMILES string of the molecule is CCCN(CC(=O)O)C(=O)N(CCOC)C(C)COC. The van der Waals surface area contributed by atoms with E-state index in [1.54, 1.807) is 19.1 Å². The van der Waals surface area contributed by atoms with Crippen LogP contribution >= 0.6 is 0 Å². The Morgan fingerprint density at radius 1 is 1.20 bits per heavy atom. The number of hydrogen-bond donors (Lipinski definition) is 1. The van der Waals surface area contributed by atoms with Gasteiger partial charge in [-0.25, -0.2) is 4.79 Å². The third kappa shape index (κ3) is 6.72. The summed E-state index contributed by atoms with van der Waals surface area (Å²) in [5, 5.41) is 8.90. The van der Waals surface area contributed by atoms with Gasteiger partial charge in [0.2, 0.25) is 0 Å². The van der Waals surface area contributed by atoms with E-state index >= 15 is 0 Å². The second kappa shape index (κ2) is 10.4. The number of amides is 2. The lowest BCUT2D eigenvalue weighted by Crippen LogP contribution is -2.51. The van der Waals surface area contributed by atoms with Crippen LogP contribution in [-0.2, 0) is 14.3 Å². The van der Waals surface area contributed by atoms with E-state index in [4.69, 9.17) is 14.6 Å². The lowest BCUT2D eigenvalue weighted by atomic mass is 10.3. The van der Waals surface area contributed by atoms with Crippen LogP contribution in [0.25, 0.3) is 0 Å². The predicted octanol–water partition coefficient (Wildman–Crippen LogP) is 0.886. The van der Waals surface area contributed by atoms with Gasteiger partial charge in [-0.15, -0.1) is 0 Å². The van der Waals surface area contributed by atoms with Gasteiger partial charge in [0.15, 0.2) is 0 Å². The maximum absolute atomic E-state index is 12.5. The second-order valence-electron chi connectivity index (χ2n) is 4.59. The van der Waals surface area contributed by atoms with Gasteiger partial charge in [0.25, 0.3) is 0 Å². The summed E-state index contributed by atoms with van der Waals surface area (Å²) < 4.78 is 10.1. The zero-order chi connectivity index (χ0) is 15.5. The molecule has 0 aromatic rings. The van der Waals surface area contributed by atoms with Crippen LogP contribution in [0.1, 0.15) is 20.3 Å². The number of urea groups is 1. The summed E-state index contributed by atoms with van der Waals surface area (Å²) in [6.07, 6.45) is 0.704. The molecule has 7 nitrogen and oxygen atoms in total. The maximum Gasteiger partial charge on any atom is 0.323 e. The number of methoxy groups -OCH3 is 2. The molecule has 1 atom stereocenters. The fraction of sp³-hybridized carbons (Fsp3) is 0.846. The first-order valence-corrected chi connectivity index (χ1v) is 6.73. The summed E-state index contributed by atoms with van der Waals surface area (Å²) in [7, 11) is 3.13. The first kappa shape index (κ1) is 18.7. The number of hydrogen-bond acceptors (Lipinski definition) is 4. The zero-order valence-electron chi connectivity index (χ0n) is 12.8. The van der Waals surface area contributed by atoms with Gasteiger partial charge in [0.1, 0.15) is 6.54 Å². The van der Waals surface area contributed by atoms with Crippen molar-refractivity contribution in [3.63, 3.8) is 0 Å². The highest BCUT2D eigenvalue weighted by atomic mass is 16.5. The average Bonchev–Trinajstić information content (AvgIpc) is 2.38. The van der Waals surface area contributed by atoms with Crippen molar-refractivity contribution in [2.75, 3.05) is 47.1 Å². The average molecular weight is 290 g/mol. The molecule has 0 spiro atoms. The molecule has 0 radical (unpaired) electrons. The van der Waals surface area contributed by atoms with Crippen LogP contribution in [0.5, 0.6) is 0 Å². The van der Waals surface area contributed by atoms with Crippen LogP contribution < -0.4 is 0 Å². The summed E-state index contributed by atoms with van der Waals surface area (Å²) >= 11 is 0. The van der Waals surface area contributed by atoms with Gasteiger partial charge in [-0.1, -0.05) is 6.92 Å². The number of carboxylic acids is 1. The maximum atomic E-state index is 12.5. The lowest BCUT2D eigenvalue weighted by molar-refractivity contribution is -0.137. The molecule has 20 heavy (non-hydrogen) atoms. The van der Waals surface area contributed by atoms with E-state index in [1.165, 1.54) is 4.90 Å². The number of ether oxygens (including phenoxy) is 2. The fourth-order valence-electron chi connectivity index (χ4n) is 1.88. The predicted molar refractivity (Wildman–Crippen MR) is 74.8 cm³/mol. The Morgan fingerprint density at radius 2 is 1.85 bits per heavy atom. The first-order valence-electron chi connectivity index (χ1n) is 6.73. The monoisotopic (exact) mass is 290 g/mol. The molecule has 0 aliphatic rings. The molecule has 0 aromatic heterocycles. The Balaban J connectivity index is 4.88. The van der Waals surface area contributed by atoms with E-state index in [2.05, 4.69) is 0 Å². The molecule has 0 saturated carbocycles. The number of rotatable bonds is 10. The van der Waals surface area contributed by atoms with Gasteiger partial charge >= 0.3 is 12.0 Å². The van der Waals surface area contributed by atoms with Crippen LogP contribution in [0.2, 0.25) is 0 Å². The largest absolute Gasteiger partial charge is 0.480 e. The summed E-state index contributed by atoms with van der Waals surface area (Å²) in [6.45, 7) is 5.07. The Bertz CT molecular complexity index is 298. The summed E-state index contributed by atoms with van der Waals surface area (Å²) in [4.78, 5) is 26.3. The Morgan fingerprint density at radius 3 is 2.30 bits per heavy atom. The molecular weight excluding hydrogens is 264 g/mol. The number of carbonyl (C=O) groups is 2. The minimum Gasteiger partial charge on any atom is -0.480 e. The van der Waals surface area contributed by atoms with Crippen LogP contribution in [0, 0.1) is 0 Å². The Hall–Kier alpha value is -1.34. The highest BCUT2D eigenvalue weighted by molar-refractivity contribution is 5.80. The molecule has 118 valence electrons. The van der Waals surface area contributed by atoms with E-state index in [0.717, 1.165) is 0 Å². The van der Waals surface area contributed by atoms with Gasteiger partial charge in [-0.3, -0.25) is 4.79 Å². The van der Waals surface area contributed by atoms with Crippen LogP contribution in [0.15, 0.2) is 0 Å². The van der Waals surface area contributed by atoms with Crippen LogP contribution in [-0.4, -0.2) is 80.0 Å². The van der Waals surface area contributed by atoms with Gasteiger partial charge in [-0.05, 0) is 13.3 Å². The molecular formula is C13H26N2O5. The zero-order valence-corrected chi connectivity index (χ0v) is 12.8. The van der Waals surface area contributed by atoms with E-state index in [0.29, 0.717) is 32.7 Å². The summed E-state index contributed by atoms with van der Waals surface area (Å²) in [5.41, 5.74) is 0. The van der Waals surface area contributed by atoms with Crippen molar-refractivity contribution in [2.24, 2.45) is 0 Å². The van der Waals surface area contributed by atoms with Crippen molar-refractivity contribution in [2.45, 2.75) is 26.3 Å². The molecule has 0 heterocycles. The highest BCUT2D eigenvalue weighted by Crippen LogP contribution is 2.07. The highest BCUT2D eigenvalue weighted by Gasteiger charge is 2.25. The van der Waals surface area contributed by atoms with Gasteiger partial charge < -0.3 is 24.4 Å². The quantitative estimate of drug-likeness (QED) is 0.646. The number of carboxylic acid groups (broad SMARTS) is 1. The standard InChI is InChI=1S/C13H26N2O5/c1-5-6-14(9-12(16)17)13(18)15(7-8-19-3)11(2)10-20-4/h11H,5-10H2,1-4H3,(H,16,17). The molecule has 0 saturated heterocycles. The minimum atomic E-state index is -1.02. The van der Waals surface area contributed by atoms with Crippen LogP contribution in [0.4, 0.5) is 4.79 Å². The Labute approximate surface area is 120 Å². The molecule has 2 amide bonds. The summed E-state index contributed by atoms with van der Waals surface area (Å²) in [6, 6.07) is -0.438. The van der Waals surface area contributed by atoms with Crippen molar-refractivity contribution < 1.29 is 24.2 Å². The van der Waals surface area contributed by atoms with E-state index in [1.807, 2.05) is 13.8 Å². The van der Waals surface area contributed by atoms with Gasteiger partial charge in [-0.2, -0.15) is 0 Å². The van der Waals surface area contributed by atoms with Crippen molar-refractivity contribution >= 4 is 12.0 Å². The van der Waals surface area contributed by atoms with E-state index in [9.17, 15) is 9.59 Å². The molecule has 0 rings (SSSR count). The second-order valence-corrected chi connectivity index (χ2v) is 4.59. The molecule has 7 heteroatoms. The smallest absolute Gasteiger partial charge is 0.323 e. The minimum absolute atomic E-state index is 0.143. The molecule has 0 aliphatic carbocycles. The van der Waals surface area contributed by atoms with Gasteiger partial charge in [0, 0.05) is 27.3 Å².